The fraction of sp³-hybridized carbons (Fsp3) is 0.625. The van der Waals surface area contributed by atoms with Gasteiger partial charge in [-0.3, -0.25) is 14.4 Å². The molecule has 2 rings (SSSR count). The van der Waals surface area contributed by atoms with Gasteiger partial charge in [-0.2, -0.15) is 0 Å². The monoisotopic (exact) mass is 464 g/mol. The molecular formula is C24H36O7Si. The minimum absolute atomic E-state index is 0.127. The Hall–Kier alpha value is -2.03. The molecule has 1 fully saturated rings. The molecule has 0 amide bonds. The summed E-state index contributed by atoms with van der Waals surface area (Å²) in [5, 5.41) is 1.34. The van der Waals surface area contributed by atoms with E-state index in [0.29, 0.717) is 32.5 Å². The topological polar surface area (TPSA) is 88.1 Å². The van der Waals surface area contributed by atoms with Crippen LogP contribution in [0, 0.1) is 5.92 Å². The first-order valence-electron chi connectivity index (χ1n) is 11.2. The standard InChI is InChI=1S/C24H36O7Si/c1-28-22(26)12-14-24(30-15-16-31-24)18-19(23(27)29-2)10-11-20(25)13-17-32(3,4)21-8-6-5-7-9-21/h5-9,19H,10-18H2,1-4H3. The quantitative estimate of drug-likeness (QED) is 0.327. The van der Waals surface area contributed by atoms with Crippen LogP contribution >= 0.6 is 0 Å². The van der Waals surface area contributed by atoms with Gasteiger partial charge in [-0.1, -0.05) is 48.6 Å². The van der Waals surface area contributed by atoms with Crippen LogP contribution in [0.15, 0.2) is 30.3 Å². The predicted molar refractivity (Wildman–Crippen MR) is 123 cm³/mol. The Kier molecular flexibility index (Phi) is 10.1. The number of carbonyl (C=O) groups is 3. The summed E-state index contributed by atoms with van der Waals surface area (Å²) in [4.78, 5) is 36.7. The lowest BCUT2D eigenvalue weighted by molar-refractivity contribution is -0.186. The highest BCUT2D eigenvalue weighted by molar-refractivity contribution is 6.89. The summed E-state index contributed by atoms with van der Waals surface area (Å²) in [7, 11) is 0.975. The van der Waals surface area contributed by atoms with Gasteiger partial charge in [0.1, 0.15) is 5.78 Å². The van der Waals surface area contributed by atoms with Crippen molar-refractivity contribution in [1.82, 2.24) is 0 Å². The number of hydrogen-bond acceptors (Lipinski definition) is 7. The molecular weight excluding hydrogens is 428 g/mol. The summed E-state index contributed by atoms with van der Waals surface area (Å²) in [5.74, 6) is -2.18. The normalized spacial score (nSPS) is 16.4. The van der Waals surface area contributed by atoms with Crippen LogP contribution < -0.4 is 5.19 Å². The third-order valence-corrected chi connectivity index (χ3v) is 9.60. The Balaban J connectivity index is 1.93. The first-order valence-corrected chi connectivity index (χ1v) is 14.4. The molecule has 1 aliphatic heterocycles. The molecule has 1 saturated heterocycles. The van der Waals surface area contributed by atoms with Crippen molar-refractivity contribution < 1.29 is 33.3 Å². The van der Waals surface area contributed by atoms with Gasteiger partial charge in [0.2, 0.25) is 0 Å². The minimum atomic E-state index is -1.69. The maximum Gasteiger partial charge on any atom is 0.308 e. The van der Waals surface area contributed by atoms with E-state index < -0.39 is 25.7 Å². The molecule has 0 saturated carbocycles. The van der Waals surface area contributed by atoms with Gasteiger partial charge >= 0.3 is 11.9 Å². The SMILES string of the molecule is COC(=O)CCC1(CC(CCC(=O)CC[Si](C)(C)c2ccccc2)C(=O)OC)OCCO1. The van der Waals surface area contributed by atoms with Gasteiger partial charge < -0.3 is 18.9 Å². The Bertz CT molecular complexity index is 757. The molecule has 1 aliphatic rings. The van der Waals surface area contributed by atoms with Crippen molar-refractivity contribution in [3.8, 4) is 0 Å². The molecule has 0 radical (unpaired) electrons. The molecule has 0 bridgehead atoms. The first-order chi connectivity index (χ1) is 15.2. The number of rotatable bonds is 13. The maximum atomic E-state index is 12.7. The second-order valence-electron chi connectivity index (χ2n) is 8.94. The van der Waals surface area contributed by atoms with Crippen molar-refractivity contribution in [2.45, 2.75) is 63.5 Å². The number of Topliss-reactive ketones (excluding diaryl/α,β-unsaturated/α-hetero) is 1. The first kappa shape index (κ1) is 26.2. The zero-order valence-corrected chi connectivity index (χ0v) is 20.7. The lowest BCUT2D eigenvalue weighted by atomic mass is 9.91. The van der Waals surface area contributed by atoms with Gasteiger partial charge in [0.25, 0.3) is 0 Å². The third-order valence-electron chi connectivity index (χ3n) is 6.20. The van der Waals surface area contributed by atoms with Crippen molar-refractivity contribution in [1.29, 1.82) is 0 Å². The average molecular weight is 465 g/mol. The Morgan fingerprint density at radius 2 is 1.66 bits per heavy atom. The number of ketones is 1. The van der Waals surface area contributed by atoms with E-state index in [2.05, 4.69) is 25.2 Å². The number of esters is 2. The summed E-state index contributed by atoms with van der Waals surface area (Å²) in [6, 6.07) is 11.2. The van der Waals surface area contributed by atoms with E-state index in [1.54, 1.807) is 0 Å². The predicted octanol–water partition coefficient (Wildman–Crippen LogP) is 3.22. The van der Waals surface area contributed by atoms with Crippen molar-refractivity contribution >= 4 is 31.0 Å². The van der Waals surface area contributed by atoms with Crippen molar-refractivity contribution in [2.75, 3.05) is 27.4 Å². The summed E-state index contributed by atoms with van der Waals surface area (Å²) < 4.78 is 21.3. The number of ether oxygens (including phenoxy) is 4. The van der Waals surface area contributed by atoms with Crippen molar-refractivity contribution in [3.05, 3.63) is 30.3 Å². The van der Waals surface area contributed by atoms with Gasteiger partial charge in [0.05, 0.1) is 47.8 Å². The highest BCUT2D eigenvalue weighted by Crippen LogP contribution is 2.34. The molecule has 0 aromatic heterocycles. The molecule has 0 N–H and O–H groups in total. The molecule has 1 aromatic rings. The van der Waals surface area contributed by atoms with E-state index in [1.807, 2.05) is 18.2 Å². The number of hydrogen-bond donors (Lipinski definition) is 0. The zero-order chi connectivity index (χ0) is 23.6. The highest BCUT2D eigenvalue weighted by Gasteiger charge is 2.41. The summed E-state index contributed by atoms with van der Waals surface area (Å²) in [5.41, 5.74) is 0. The van der Waals surface area contributed by atoms with Crippen LogP contribution in [-0.4, -0.2) is 59.0 Å². The van der Waals surface area contributed by atoms with E-state index in [1.165, 1.54) is 19.4 Å². The maximum absolute atomic E-state index is 12.7. The lowest BCUT2D eigenvalue weighted by Gasteiger charge is -2.30. The van der Waals surface area contributed by atoms with Crippen molar-refractivity contribution in [3.63, 3.8) is 0 Å². The molecule has 1 unspecified atom stereocenters. The highest BCUT2D eigenvalue weighted by atomic mass is 28.3. The van der Waals surface area contributed by atoms with Crippen LogP contribution in [0.3, 0.4) is 0 Å². The van der Waals surface area contributed by atoms with E-state index >= 15 is 0 Å². The van der Waals surface area contributed by atoms with Crippen LogP contribution in [0.5, 0.6) is 0 Å². The molecule has 178 valence electrons. The van der Waals surface area contributed by atoms with Crippen molar-refractivity contribution in [2.24, 2.45) is 5.92 Å². The van der Waals surface area contributed by atoms with Crippen LogP contribution in [0.4, 0.5) is 0 Å². The van der Waals surface area contributed by atoms with Gasteiger partial charge in [0, 0.05) is 25.7 Å². The molecule has 1 atom stereocenters. The molecule has 1 aromatic carbocycles. The average Bonchev–Trinajstić information content (AvgIpc) is 3.27. The molecule has 0 spiro atoms. The number of methoxy groups -OCH3 is 2. The number of carbonyl (C=O) groups excluding carboxylic acids is 3. The third kappa shape index (κ3) is 7.83. The van der Waals surface area contributed by atoms with E-state index in [0.717, 1.165) is 6.04 Å². The van der Waals surface area contributed by atoms with Crippen LogP contribution in [0.2, 0.25) is 19.1 Å². The van der Waals surface area contributed by atoms with Crippen LogP contribution in [-0.2, 0) is 33.3 Å². The van der Waals surface area contributed by atoms with E-state index in [4.69, 9.17) is 18.9 Å². The van der Waals surface area contributed by atoms with Crippen LogP contribution in [0.1, 0.15) is 38.5 Å². The van der Waals surface area contributed by atoms with Gasteiger partial charge in [-0.25, -0.2) is 0 Å². The molecule has 32 heavy (non-hydrogen) atoms. The molecule has 1 heterocycles. The largest absolute Gasteiger partial charge is 0.469 e. The summed E-state index contributed by atoms with van der Waals surface area (Å²) in [6.45, 7) is 5.33. The Morgan fingerprint density at radius 3 is 2.25 bits per heavy atom. The van der Waals surface area contributed by atoms with Gasteiger partial charge in [0.15, 0.2) is 5.79 Å². The Labute approximate surface area is 191 Å². The second-order valence-corrected chi connectivity index (χ2v) is 13.8. The fourth-order valence-corrected chi connectivity index (χ4v) is 6.33. The van der Waals surface area contributed by atoms with Gasteiger partial charge in [-0.15, -0.1) is 0 Å². The fourth-order valence-electron chi connectivity index (χ4n) is 4.05. The molecule has 8 heteroatoms. The molecule has 7 nitrogen and oxygen atoms in total. The van der Waals surface area contributed by atoms with E-state index in [9.17, 15) is 14.4 Å². The smallest absolute Gasteiger partial charge is 0.308 e. The summed E-state index contributed by atoms with van der Waals surface area (Å²) in [6.07, 6.45) is 1.83. The number of benzene rings is 1. The molecule has 0 aliphatic carbocycles. The zero-order valence-electron chi connectivity index (χ0n) is 19.7. The summed E-state index contributed by atoms with van der Waals surface area (Å²) >= 11 is 0. The van der Waals surface area contributed by atoms with Gasteiger partial charge in [-0.05, 0) is 12.5 Å². The van der Waals surface area contributed by atoms with Crippen LogP contribution in [0.25, 0.3) is 0 Å². The lowest BCUT2D eigenvalue weighted by Crippen LogP contribution is -2.41. The minimum Gasteiger partial charge on any atom is -0.469 e. The van der Waals surface area contributed by atoms with E-state index in [-0.39, 0.29) is 31.0 Å². The Morgan fingerprint density at radius 1 is 1.00 bits per heavy atom. The second kappa shape index (κ2) is 12.3.